The topological polar surface area (TPSA) is 99.3 Å². The molecule has 0 aliphatic heterocycles. The Hall–Kier alpha value is -4.91. The lowest BCUT2D eigenvalue weighted by molar-refractivity contribution is -0.116. The van der Waals surface area contributed by atoms with Crippen LogP contribution in [0.15, 0.2) is 109 Å². The number of carbonyl (C=O) groups excluding carboxylic acids is 3. The van der Waals surface area contributed by atoms with Crippen LogP contribution in [0, 0.1) is 0 Å². The molecule has 0 saturated carbocycles. The van der Waals surface area contributed by atoms with Crippen molar-refractivity contribution in [3.8, 4) is 0 Å². The lowest BCUT2D eigenvalue weighted by Gasteiger charge is -2.11. The number of hydrogen-bond donors (Lipinski definition) is 4. The monoisotopic (exact) mass is 506 g/mol. The molecule has 0 spiro atoms. The van der Waals surface area contributed by atoms with Crippen LogP contribution in [0.5, 0.6) is 0 Å². The highest BCUT2D eigenvalue weighted by Crippen LogP contribution is 2.15. The van der Waals surface area contributed by atoms with Gasteiger partial charge < -0.3 is 21.3 Å². The molecule has 38 heavy (non-hydrogen) atoms. The molecule has 0 fully saturated rings. The van der Waals surface area contributed by atoms with Gasteiger partial charge in [0.25, 0.3) is 5.91 Å². The van der Waals surface area contributed by atoms with Crippen LogP contribution in [-0.2, 0) is 22.6 Å². The molecule has 0 aliphatic rings. The first-order valence-corrected chi connectivity index (χ1v) is 12.4. The summed E-state index contributed by atoms with van der Waals surface area (Å²) in [5.74, 6) is -0.509. The van der Waals surface area contributed by atoms with Gasteiger partial charge in [0, 0.05) is 35.6 Å². The Balaban J connectivity index is 1.20. The van der Waals surface area contributed by atoms with Crippen molar-refractivity contribution in [2.24, 2.45) is 0 Å². The average Bonchev–Trinajstić information content (AvgIpc) is 2.96. The third kappa shape index (κ3) is 8.34. The number of aryl methyl sites for hydroxylation is 1. The summed E-state index contributed by atoms with van der Waals surface area (Å²) in [5.41, 5.74) is 4.58. The molecule has 0 radical (unpaired) electrons. The molecule has 7 heteroatoms. The molecule has 4 aromatic carbocycles. The van der Waals surface area contributed by atoms with E-state index in [0.717, 1.165) is 16.8 Å². The first-order chi connectivity index (χ1) is 18.5. The van der Waals surface area contributed by atoms with Crippen molar-refractivity contribution in [3.05, 3.63) is 126 Å². The van der Waals surface area contributed by atoms with E-state index in [1.165, 1.54) is 0 Å². The Kier molecular flexibility index (Phi) is 9.23. The fourth-order valence-corrected chi connectivity index (χ4v) is 3.80. The zero-order chi connectivity index (χ0) is 26.6. The van der Waals surface area contributed by atoms with Crippen LogP contribution in [0.4, 0.5) is 17.1 Å². The highest BCUT2D eigenvalue weighted by molar-refractivity contribution is 5.98. The predicted octanol–water partition coefficient (Wildman–Crippen LogP) is 5.24. The van der Waals surface area contributed by atoms with E-state index in [-0.39, 0.29) is 24.3 Å². The smallest absolute Gasteiger partial charge is 0.251 e. The van der Waals surface area contributed by atoms with Gasteiger partial charge in [-0.3, -0.25) is 14.4 Å². The van der Waals surface area contributed by atoms with Crippen molar-refractivity contribution in [2.45, 2.75) is 19.4 Å². The molecule has 0 saturated heterocycles. The molecule has 0 bridgehead atoms. The summed E-state index contributed by atoms with van der Waals surface area (Å²) in [6, 6.07) is 33.6. The molecule has 192 valence electrons. The van der Waals surface area contributed by atoms with Gasteiger partial charge in [0.1, 0.15) is 0 Å². The summed E-state index contributed by atoms with van der Waals surface area (Å²) >= 11 is 0. The first kappa shape index (κ1) is 26.2. The Bertz CT molecular complexity index is 1360. The van der Waals surface area contributed by atoms with Gasteiger partial charge in [-0.15, -0.1) is 0 Å². The molecular formula is C31H30N4O3. The summed E-state index contributed by atoms with van der Waals surface area (Å²) in [7, 11) is 0. The summed E-state index contributed by atoms with van der Waals surface area (Å²) in [4.78, 5) is 37.2. The molecular weight excluding hydrogens is 476 g/mol. The normalized spacial score (nSPS) is 10.3. The van der Waals surface area contributed by atoms with Crippen LogP contribution in [0.25, 0.3) is 0 Å². The molecule has 0 aliphatic carbocycles. The number of hydrogen-bond acceptors (Lipinski definition) is 4. The maximum Gasteiger partial charge on any atom is 0.251 e. The molecule has 4 aromatic rings. The third-order valence-corrected chi connectivity index (χ3v) is 5.81. The molecule has 3 amide bonds. The van der Waals surface area contributed by atoms with E-state index in [9.17, 15) is 14.4 Å². The Morgan fingerprint density at radius 3 is 1.92 bits per heavy atom. The minimum Gasteiger partial charge on any atom is -0.376 e. The van der Waals surface area contributed by atoms with Gasteiger partial charge in [0.05, 0.1) is 6.54 Å². The van der Waals surface area contributed by atoms with E-state index >= 15 is 0 Å². The van der Waals surface area contributed by atoms with Crippen molar-refractivity contribution in [1.29, 1.82) is 0 Å². The van der Waals surface area contributed by atoms with Crippen molar-refractivity contribution >= 4 is 34.8 Å². The van der Waals surface area contributed by atoms with Crippen LogP contribution >= 0.6 is 0 Å². The number of rotatable bonds is 11. The Morgan fingerprint density at radius 1 is 0.579 bits per heavy atom. The first-order valence-electron chi connectivity index (χ1n) is 12.4. The van der Waals surface area contributed by atoms with E-state index in [2.05, 4.69) is 21.3 Å². The van der Waals surface area contributed by atoms with Crippen LogP contribution in [-0.4, -0.2) is 24.3 Å². The molecule has 7 nitrogen and oxygen atoms in total. The van der Waals surface area contributed by atoms with Crippen LogP contribution in [0.3, 0.4) is 0 Å². The van der Waals surface area contributed by atoms with Crippen molar-refractivity contribution in [1.82, 2.24) is 5.32 Å². The minimum absolute atomic E-state index is 0.0488. The number of benzene rings is 4. The lowest BCUT2D eigenvalue weighted by atomic mass is 10.1. The van der Waals surface area contributed by atoms with Gasteiger partial charge in [-0.2, -0.15) is 0 Å². The number of nitrogens with one attached hydrogen (secondary N) is 4. The third-order valence-electron chi connectivity index (χ3n) is 5.81. The molecule has 4 N–H and O–H groups in total. The second-order valence-corrected chi connectivity index (χ2v) is 8.76. The van der Waals surface area contributed by atoms with Crippen LogP contribution < -0.4 is 21.3 Å². The molecule has 4 rings (SSSR count). The summed E-state index contributed by atoms with van der Waals surface area (Å²) in [6.45, 7) is 0.476. The largest absolute Gasteiger partial charge is 0.376 e. The molecule has 0 atom stereocenters. The molecule has 0 unspecified atom stereocenters. The van der Waals surface area contributed by atoms with Gasteiger partial charge in [0.15, 0.2) is 0 Å². The van der Waals surface area contributed by atoms with Crippen LogP contribution in [0.2, 0.25) is 0 Å². The Morgan fingerprint density at radius 2 is 1.21 bits per heavy atom. The van der Waals surface area contributed by atoms with E-state index in [0.29, 0.717) is 36.3 Å². The number of amides is 3. The van der Waals surface area contributed by atoms with Gasteiger partial charge >= 0.3 is 0 Å². The highest BCUT2D eigenvalue weighted by Gasteiger charge is 2.09. The van der Waals surface area contributed by atoms with E-state index in [4.69, 9.17) is 0 Å². The summed E-state index contributed by atoms with van der Waals surface area (Å²) < 4.78 is 0. The van der Waals surface area contributed by atoms with Gasteiger partial charge in [-0.25, -0.2) is 0 Å². The standard InChI is InChI=1S/C31H30N4O3/c36-29(19-14-23-8-3-1-4-9-23)34-27-17-15-26(16-18-27)32-22-30(37)35-28-13-7-12-25(20-28)31(38)33-21-24-10-5-2-6-11-24/h1-13,15-18,20,32H,14,19,21-22H2,(H,33,38)(H,34,36)(H,35,37). The zero-order valence-corrected chi connectivity index (χ0v) is 20.9. The number of carbonyl (C=O) groups is 3. The van der Waals surface area contributed by atoms with Gasteiger partial charge in [-0.05, 0) is 60.0 Å². The van der Waals surface area contributed by atoms with Crippen molar-refractivity contribution in [2.75, 3.05) is 22.5 Å². The SMILES string of the molecule is O=C(CCc1ccccc1)Nc1ccc(NCC(=O)Nc2cccc(C(=O)NCc3ccccc3)c2)cc1. The highest BCUT2D eigenvalue weighted by atomic mass is 16.2. The second-order valence-electron chi connectivity index (χ2n) is 8.76. The quantitative estimate of drug-likeness (QED) is 0.224. The van der Waals surface area contributed by atoms with E-state index in [1.807, 2.05) is 60.7 Å². The van der Waals surface area contributed by atoms with Gasteiger partial charge in [-0.1, -0.05) is 66.7 Å². The maximum atomic E-state index is 12.5. The number of anilines is 3. The summed E-state index contributed by atoms with van der Waals surface area (Å²) in [5, 5.41) is 11.6. The minimum atomic E-state index is -0.245. The lowest BCUT2D eigenvalue weighted by Crippen LogP contribution is -2.24. The van der Waals surface area contributed by atoms with E-state index in [1.54, 1.807) is 48.5 Å². The summed E-state index contributed by atoms with van der Waals surface area (Å²) in [6.07, 6.45) is 1.09. The fourth-order valence-electron chi connectivity index (χ4n) is 3.80. The second kappa shape index (κ2) is 13.4. The molecule has 0 aromatic heterocycles. The predicted molar refractivity (Wildman–Crippen MR) is 151 cm³/mol. The van der Waals surface area contributed by atoms with Crippen molar-refractivity contribution in [3.63, 3.8) is 0 Å². The van der Waals surface area contributed by atoms with Crippen LogP contribution in [0.1, 0.15) is 27.9 Å². The maximum absolute atomic E-state index is 12.5. The van der Waals surface area contributed by atoms with Crippen molar-refractivity contribution < 1.29 is 14.4 Å². The Labute approximate surface area is 222 Å². The van der Waals surface area contributed by atoms with Gasteiger partial charge in [0.2, 0.25) is 11.8 Å². The van der Waals surface area contributed by atoms with E-state index < -0.39 is 0 Å². The average molecular weight is 507 g/mol. The fraction of sp³-hybridized carbons (Fsp3) is 0.129. The molecule has 0 heterocycles. The zero-order valence-electron chi connectivity index (χ0n) is 20.9.